The van der Waals surface area contributed by atoms with Crippen LogP contribution in [0, 0.1) is 23.2 Å². The van der Waals surface area contributed by atoms with Crippen molar-refractivity contribution in [1.82, 2.24) is 9.88 Å². The van der Waals surface area contributed by atoms with E-state index in [4.69, 9.17) is 21.6 Å². The lowest BCUT2D eigenvalue weighted by molar-refractivity contribution is -0.123. The van der Waals surface area contributed by atoms with E-state index in [2.05, 4.69) is 27.3 Å². The molecule has 1 N–H and O–H groups in total. The molecule has 1 saturated carbocycles. The van der Waals surface area contributed by atoms with E-state index in [9.17, 15) is 9.18 Å². The molecule has 1 aromatic carbocycles. The maximum atomic E-state index is 14.4. The second-order valence-electron chi connectivity index (χ2n) is 9.80. The molecule has 33 heavy (non-hydrogen) atoms. The number of hydrogen-bond donors (Lipinski definition) is 1. The van der Waals surface area contributed by atoms with Gasteiger partial charge in [-0.2, -0.15) is 5.26 Å². The second kappa shape index (κ2) is 8.83. The van der Waals surface area contributed by atoms with Crippen LogP contribution in [0.25, 0.3) is 10.8 Å². The van der Waals surface area contributed by atoms with Gasteiger partial charge < -0.3 is 10.1 Å². The first-order valence-corrected chi connectivity index (χ1v) is 12.0. The molecule has 3 heterocycles. The van der Waals surface area contributed by atoms with E-state index in [1.165, 1.54) is 0 Å². The Morgan fingerprint density at radius 2 is 2.06 bits per heavy atom. The number of nitrogens with zero attached hydrogens (tertiary/aromatic N) is 3. The predicted octanol–water partition coefficient (Wildman–Crippen LogP) is 4.68. The predicted molar refractivity (Wildman–Crippen MR) is 125 cm³/mol. The molecular weight excluding hydrogens is 443 g/mol. The van der Waals surface area contributed by atoms with Gasteiger partial charge in [-0.3, -0.25) is 9.69 Å². The number of carbonyl (C=O) groups is 1. The second-order valence-corrected chi connectivity index (χ2v) is 10.2. The number of nitrogens with one attached hydrogen (secondary N) is 1. The number of fused-ring (bicyclic) bond motifs is 1. The highest BCUT2D eigenvalue weighted by atomic mass is 35.5. The Hall–Kier alpha value is -2.27. The highest BCUT2D eigenvalue weighted by Crippen LogP contribution is 2.39. The molecule has 1 amide bonds. The van der Waals surface area contributed by atoms with E-state index in [1.54, 1.807) is 6.20 Å². The van der Waals surface area contributed by atoms with Crippen LogP contribution in [0.15, 0.2) is 24.4 Å². The Bertz CT molecular complexity index is 1110. The fourth-order valence-electron chi connectivity index (χ4n) is 5.38. The summed E-state index contributed by atoms with van der Waals surface area (Å²) >= 11 is 6.65. The zero-order valence-electron chi connectivity index (χ0n) is 18.7. The summed E-state index contributed by atoms with van der Waals surface area (Å²) in [5, 5.41) is 14.6. The van der Waals surface area contributed by atoms with Crippen LogP contribution in [0.4, 0.5) is 10.2 Å². The molecule has 0 bridgehead atoms. The minimum absolute atomic E-state index is 0.142. The van der Waals surface area contributed by atoms with Gasteiger partial charge in [-0.05, 0) is 80.8 Å². The molecule has 174 valence electrons. The van der Waals surface area contributed by atoms with Crippen molar-refractivity contribution in [2.24, 2.45) is 11.8 Å². The molecule has 2 saturated heterocycles. The largest absolute Gasteiger partial charge is 0.376 e. The van der Waals surface area contributed by atoms with Crippen molar-refractivity contribution >= 4 is 34.1 Å². The molecule has 3 fully saturated rings. The van der Waals surface area contributed by atoms with E-state index in [0.29, 0.717) is 23.4 Å². The first-order valence-electron chi connectivity index (χ1n) is 11.7. The minimum atomic E-state index is -0.956. The number of halogens is 2. The van der Waals surface area contributed by atoms with Crippen LogP contribution in [0.3, 0.4) is 0 Å². The maximum absolute atomic E-state index is 14.4. The lowest BCUT2D eigenvalue weighted by atomic mass is 9.74. The summed E-state index contributed by atoms with van der Waals surface area (Å²) in [6, 6.07) is 8.09. The first kappa shape index (κ1) is 22.5. The number of nitriles is 1. The normalized spacial score (nSPS) is 30.7. The Kier molecular flexibility index (Phi) is 6.02. The van der Waals surface area contributed by atoms with Gasteiger partial charge in [-0.1, -0.05) is 11.6 Å². The van der Waals surface area contributed by atoms with Gasteiger partial charge in [0.25, 0.3) is 0 Å². The van der Waals surface area contributed by atoms with Crippen LogP contribution in [-0.4, -0.2) is 53.8 Å². The Labute approximate surface area is 198 Å². The molecule has 0 spiro atoms. The number of rotatable bonds is 4. The minimum Gasteiger partial charge on any atom is -0.376 e. The summed E-state index contributed by atoms with van der Waals surface area (Å²) in [5.41, 5.74) is 0.544. The van der Waals surface area contributed by atoms with Crippen LogP contribution < -0.4 is 5.32 Å². The third-order valence-electron chi connectivity index (χ3n) is 7.86. The number of ether oxygens (including phenoxy) is 1. The molecule has 1 aliphatic carbocycles. The highest BCUT2D eigenvalue weighted by molar-refractivity contribution is 6.32. The SMILES string of the molecule is C[C@@]1(N2CCC(c3cc4cc(NC(=O)[C@@H]5CC[C@H]5C#N)ncc4cc3Cl)CC2)COC[C@@H]1F. The molecule has 6 nitrogen and oxygen atoms in total. The number of pyridine rings is 1. The van der Waals surface area contributed by atoms with Crippen LogP contribution in [0.2, 0.25) is 5.02 Å². The number of piperidine rings is 1. The van der Waals surface area contributed by atoms with E-state index < -0.39 is 11.7 Å². The molecule has 5 rings (SSSR count). The highest BCUT2D eigenvalue weighted by Gasteiger charge is 2.46. The molecule has 4 atom stereocenters. The lowest BCUT2D eigenvalue weighted by Crippen LogP contribution is -2.55. The van der Waals surface area contributed by atoms with Crippen molar-refractivity contribution in [1.29, 1.82) is 5.26 Å². The van der Waals surface area contributed by atoms with Crippen molar-refractivity contribution in [3.63, 3.8) is 0 Å². The van der Waals surface area contributed by atoms with Gasteiger partial charge in [0.1, 0.15) is 12.0 Å². The van der Waals surface area contributed by atoms with Gasteiger partial charge in [-0.25, -0.2) is 9.37 Å². The van der Waals surface area contributed by atoms with Crippen molar-refractivity contribution in [3.05, 3.63) is 35.0 Å². The smallest absolute Gasteiger partial charge is 0.229 e. The van der Waals surface area contributed by atoms with Gasteiger partial charge in [0.05, 0.1) is 36.7 Å². The topological polar surface area (TPSA) is 78.3 Å². The van der Waals surface area contributed by atoms with Crippen LogP contribution in [0.1, 0.15) is 44.1 Å². The van der Waals surface area contributed by atoms with E-state index in [1.807, 2.05) is 19.1 Å². The average Bonchev–Trinajstić information content (AvgIpc) is 3.12. The molecule has 8 heteroatoms. The molecule has 0 unspecified atom stereocenters. The molecule has 2 aromatic rings. The number of aromatic nitrogens is 1. The van der Waals surface area contributed by atoms with Gasteiger partial charge in [0, 0.05) is 16.6 Å². The fraction of sp³-hybridized carbons (Fsp3) is 0.560. The number of alkyl halides is 1. The molecule has 0 radical (unpaired) electrons. The summed E-state index contributed by atoms with van der Waals surface area (Å²) in [7, 11) is 0. The van der Waals surface area contributed by atoms with Crippen LogP contribution in [-0.2, 0) is 9.53 Å². The Morgan fingerprint density at radius 1 is 1.27 bits per heavy atom. The number of anilines is 1. The zero-order chi connectivity index (χ0) is 23.2. The third kappa shape index (κ3) is 4.09. The monoisotopic (exact) mass is 470 g/mol. The van der Waals surface area contributed by atoms with Crippen LogP contribution >= 0.6 is 11.6 Å². The Balaban J connectivity index is 1.31. The third-order valence-corrected chi connectivity index (χ3v) is 8.18. The lowest BCUT2D eigenvalue weighted by Gasteiger charge is -2.43. The number of benzene rings is 1. The number of likely N-dealkylation sites (tertiary alicyclic amines) is 1. The first-order chi connectivity index (χ1) is 15.9. The molecular formula is C25H28ClFN4O2. The van der Waals surface area contributed by atoms with E-state index >= 15 is 0 Å². The number of hydrogen-bond acceptors (Lipinski definition) is 5. The standard InChI is InChI=1S/C25H28ClFN4O2/c1-25(14-33-13-22(25)27)31-6-4-15(5-7-31)20-8-17-10-23(29-12-18(17)9-21(20)26)30-24(32)19-3-2-16(19)11-28/h8-10,12,15-16,19,22H,2-7,13-14H2,1H3,(H,29,30,32)/t16-,19+,22-,25+/m0/s1. The number of carbonyl (C=O) groups excluding carboxylic acids is 1. The van der Waals surface area contributed by atoms with Gasteiger partial charge in [0.2, 0.25) is 5.91 Å². The molecule has 3 aliphatic rings. The quantitative estimate of drug-likeness (QED) is 0.701. The molecule has 1 aromatic heterocycles. The van der Waals surface area contributed by atoms with Crippen molar-refractivity contribution in [2.75, 3.05) is 31.6 Å². The fourth-order valence-corrected chi connectivity index (χ4v) is 5.71. The van der Waals surface area contributed by atoms with Crippen LogP contribution in [0.5, 0.6) is 0 Å². The Morgan fingerprint density at radius 3 is 2.70 bits per heavy atom. The summed E-state index contributed by atoms with van der Waals surface area (Å²) in [5.74, 6) is 0.181. The van der Waals surface area contributed by atoms with Crippen molar-refractivity contribution < 1.29 is 13.9 Å². The summed E-state index contributed by atoms with van der Waals surface area (Å²) in [6.07, 6.45) is 4.08. The summed E-state index contributed by atoms with van der Waals surface area (Å²) in [4.78, 5) is 19.1. The van der Waals surface area contributed by atoms with Gasteiger partial charge in [-0.15, -0.1) is 0 Å². The van der Waals surface area contributed by atoms with Gasteiger partial charge >= 0.3 is 0 Å². The summed E-state index contributed by atoms with van der Waals surface area (Å²) < 4.78 is 19.8. The summed E-state index contributed by atoms with van der Waals surface area (Å²) in [6.45, 7) is 4.18. The maximum Gasteiger partial charge on any atom is 0.229 e. The number of amides is 1. The molecule has 2 aliphatic heterocycles. The average molecular weight is 471 g/mol. The van der Waals surface area contributed by atoms with Gasteiger partial charge in [0.15, 0.2) is 0 Å². The van der Waals surface area contributed by atoms with Crippen molar-refractivity contribution in [3.8, 4) is 6.07 Å². The van der Waals surface area contributed by atoms with E-state index in [0.717, 1.165) is 55.1 Å². The van der Waals surface area contributed by atoms with Crippen molar-refractivity contribution in [2.45, 2.75) is 50.2 Å². The van der Waals surface area contributed by atoms with E-state index in [-0.39, 0.29) is 24.3 Å². The zero-order valence-corrected chi connectivity index (χ0v) is 19.4.